The molecule has 0 aromatic carbocycles. The van der Waals surface area contributed by atoms with Gasteiger partial charge in [-0.2, -0.15) is 0 Å². The summed E-state index contributed by atoms with van der Waals surface area (Å²) in [5.74, 6) is -0.729. The highest BCUT2D eigenvalue weighted by atomic mass is 16.4. The van der Waals surface area contributed by atoms with Crippen LogP contribution in [0, 0.1) is 0 Å². The summed E-state index contributed by atoms with van der Waals surface area (Å²) in [4.78, 5) is 11.2. The average molecular weight is 257 g/mol. The Labute approximate surface area is 112 Å². The predicted octanol–water partition coefficient (Wildman–Crippen LogP) is 3.97. The van der Waals surface area contributed by atoms with E-state index < -0.39 is 11.5 Å². The summed E-state index contributed by atoms with van der Waals surface area (Å²) in [6.45, 7) is 6.86. The number of rotatable bonds is 12. The van der Waals surface area contributed by atoms with Crippen LogP contribution in [-0.4, -0.2) is 23.2 Å². The minimum atomic E-state index is -0.739. The maximum atomic E-state index is 11.2. The molecule has 0 heterocycles. The summed E-state index contributed by atoms with van der Waals surface area (Å²) < 4.78 is 0. The summed E-state index contributed by atoms with van der Waals surface area (Å²) in [7, 11) is 0. The largest absolute Gasteiger partial charge is 0.480 e. The number of hydrogen-bond donors (Lipinski definition) is 2. The maximum absolute atomic E-state index is 11.2. The van der Waals surface area contributed by atoms with Crippen molar-refractivity contribution in [3.05, 3.63) is 0 Å². The normalized spacial score (nSPS) is 14.4. The number of unbranched alkanes of at least 4 members (excludes halogenated alkanes) is 6. The molecule has 0 aromatic rings. The van der Waals surface area contributed by atoms with Crippen LogP contribution in [0.4, 0.5) is 0 Å². The molecule has 0 fully saturated rings. The molecule has 3 nitrogen and oxygen atoms in total. The number of carbonyl (C=O) groups is 1. The van der Waals surface area contributed by atoms with E-state index in [0.29, 0.717) is 6.42 Å². The lowest BCUT2D eigenvalue weighted by Crippen LogP contribution is -2.49. The van der Waals surface area contributed by atoms with Crippen molar-refractivity contribution in [2.45, 2.75) is 84.1 Å². The molecule has 1 atom stereocenters. The van der Waals surface area contributed by atoms with Crippen molar-refractivity contribution in [2.75, 3.05) is 6.54 Å². The molecule has 3 heteroatoms. The monoisotopic (exact) mass is 257 g/mol. The fourth-order valence-corrected chi connectivity index (χ4v) is 2.22. The molecular formula is C15H31NO2. The van der Waals surface area contributed by atoms with E-state index in [1.54, 1.807) is 6.92 Å². The molecule has 0 amide bonds. The van der Waals surface area contributed by atoms with Gasteiger partial charge in [0.2, 0.25) is 0 Å². The Morgan fingerprint density at radius 3 is 2.06 bits per heavy atom. The number of hydrogen-bond acceptors (Lipinski definition) is 2. The Bertz CT molecular complexity index is 219. The van der Waals surface area contributed by atoms with Gasteiger partial charge in [0, 0.05) is 0 Å². The van der Waals surface area contributed by atoms with Crippen molar-refractivity contribution in [2.24, 2.45) is 0 Å². The molecular weight excluding hydrogens is 226 g/mol. The first kappa shape index (κ1) is 17.4. The van der Waals surface area contributed by atoms with Gasteiger partial charge in [0.1, 0.15) is 5.54 Å². The summed E-state index contributed by atoms with van der Waals surface area (Å²) in [5.41, 5.74) is -0.739. The van der Waals surface area contributed by atoms with Crippen molar-refractivity contribution in [3.63, 3.8) is 0 Å². The van der Waals surface area contributed by atoms with E-state index in [1.165, 1.54) is 38.5 Å². The minimum absolute atomic E-state index is 0.693. The first-order chi connectivity index (χ1) is 8.56. The molecule has 2 N–H and O–H groups in total. The highest BCUT2D eigenvalue weighted by molar-refractivity contribution is 5.78. The Morgan fingerprint density at radius 2 is 1.56 bits per heavy atom. The standard InChI is InChI=1S/C15H31NO2/c1-4-6-7-8-9-10-11-13-16-15(3,12-5-2)14(17)18/h16H,4-13H2,1-3H3,(H,17,18). The molecule has 0 aromatic heterocycles. The fraction of sp³-hybridized carbons (Fsp3) is 0.933. The van der Waals surface area contributed by atoms with Gasteiger partial charge in [0.15, 0.2) is 0 Å². The van der Waals surface area contributed by atoms with Gasteiger partial charge in [0.05, 0.1) is 0 Å². The smallest absolute Gasteiger partial charge is 0.323 e. The molecule has 0 aliphatic heterocycles. The molecule has 0 saturated heterocycles. The molecule has 0 spiro atoms. The van der Waals surface area contributed by atoms with Gasteiger partial charge < -0.3 is 10.4 Å². The molecule has 18 heavy (non-hydrogen) atoms. The van der Waals surface area contributed by atoms with E-state index in [4.69, 9.17) is 0 Å². The van der Waals surface area contributed by atoms with Gasteiger partial charge in [0.25, 0.3) is 0 Å². The van der Waals surface area contributed by atoms with Gasteiger partial charge in [-0.05, 0) is 26.3 Å². The fourth-order valence-electron chi connectivity index (χ4n) is 2.22. The highest BCUT2D eigenvalue weighted by Crippen LogP contribution is 2.13. The van der Waals surface area contributed by atoms with Gasteiger partial charge in [-0.25, -0.2) is 0 Å². The maximum Gasteiger partial charge on any atom is 0.323 e. The van der Waals surface area contributed by atoms with Gasteiger partial charge in [-0.15, -0.1) is 0 Å². The van der Waals surface area contributed by atoms with Crippen molar-refractivity contribution in [1.82, 2.24) is 5.32 Å². The Hall–Kier alpha value is -0.570. The van der Waals surface area contributed by atoms with Crippen molar-refractivity contribution < 1.29 is 9.90 Å². The lowest BCUT2D eigenvalue weighted by atomic mass is 9.96. The number of nitrogens with one attached hydrogen (secondary N) is 1. The summed E-state index contributed by atoms with van der Waals surface area (Å²) in [6.07, 6.45) is 10.4. The van der Waals surface area contributed by atoms with Crippen LogP contribution in [0.3, 0.4) is 0 Å². The second-order valence-electron chi connectivity index (χ2n) is 5.44. The van der Waals surface area contributed by atoms with Crippen molar-refractivity contribution >= 4 is 5.97 Å². The van der Waals surface area contributed by atoms with Crippen LogP contribution in [0.5, 0.6) is 0 Å². The highest BCUT2D eigenvalue weighted by Gasteiger charge is 2.30. The summed E-state index contributed by atoms with van der Waals surface area (Å²) >= 11 is 0. The molecule has 0 saturated carbocycles. The molecule has 0 bridgehead atoms. The van der Waals surface area contributed by atoms with Crippen LogP contribution < -0.4 is 5.32 Å². The molecule has 108 valence electrons. The first-order valence-corrected chi connectivity index (χ1v) is 7.55. The second-order valence-corrected chi connectivity index (χ2v) is 5.44. The average Bonchev–Trinajstić information content (AvgIpc) is 2.33. The minimum Gasteiger partial charge on any atom is -0.480 e. The van der Waals surface area contributed by atoms with Crippen LogP contribution in [0.2, 0.25) is 0 Å². The first-order valence-electron chi connectivity index (χ1n) is 7.55. The lowest BCUT2D eigenvalue weighted by molar-refractivity contribution is -0.144. The lowest BCUT2D eigenvalue weighted by Gasteiger charge is -2.25. The molecule has 0 rings (SSSR count). The Kier molecular flexibility index (Phi) is 10.0. The van der Waals surface area contributed by atoms with Crippen LogP contribution >= 0.6 is 0 Å². The van der Waals surface area contributed by atoms with E-state index in [9.17, 15) is 9.90 Å². The van der Waals surface area contributed by atoms with Gasteiger partial charge in [-0.3, -0.25) is 4.79 Å². The van der Waals surface area contributed by atoms with Crippen molar-refractivity contribution in [3.8, 4) is 0 Å². The number of carboxylic acids is 1. The van der Waals surface area contributed by atoms with E-state index in [-0.39, 0.29) is 0 Å². The molecule has 1 unspecified atom stereocenters. The van der Waals surface area contributed by atoms with E-state index in [1.807, 2.05) is 6.92 Å². The van der Waals surface area contributed by atoms with Gasteiger partial charge >= 0.3 is 5.97 Å². The van der Waals surface area contributed by atoms with E-state index in [0.717, 1.165) is 19.4 Å². The van der Waals surface area contributed by atoms with Crippen LogP contribution in [0.15, 0.2) is 0 Å². The quantitative estimate of drug-likeness (QED) is 0.520. The van der Waals surface area contributed by atoms with E-state index >= 15 is 0 Å². The Balaban J connectivity index is 3.59. The third-order valence-electron chi connectivity index (χ3n) is 3.52. The second kappa shape index (κ2) is 10.4. The predicted molar refractivity (Wildman–Crippen MR) is 76.9 cm³/mol. The Morgan fingerprint density at radius 1 is 1.00 bits per heavy atom. The van der Waals surface area contributed by atoms with Crippen LogP contribution in [0.25, 0.3) is 0 Å². The number of carboxylic acid groups (broad SMARTS) is 1. The molecule has 0 aliphatic carbocycles. The zero-order valence-corrected chi connectivity index (χ0v) is 12.4. The SMILES string of the molecule is CCCCCCCCCNC(C)(CCC)C(=O)O. The van der Waals surface area contributed by atoms with Crippen LogP contribution in [0.1, 0.15) is 78.6 Å². The summed E-state index contributed by atoms with van der Waals surface area (Å²) in [5, 5.41) is 12.4. The molecule has 0 radical (unpaired) electrons. The zero-order valence-electron chi connectivity index (χ0n) is 12.4. The zero-order chi connectivity index (χ0) is 13.9. The molecule has 0 aliphatic rings. The van der Waals surface area contributed by atoms with Gasteiger partial charge in [-0.1, -0.05) is 58.8 Å². The third-order valence-corrected chi connectivity index (χ3v) is 3.52. The topological polar surface area (TPSA) is 49.3 Å². The number of aliphatic carboxylic acids is 1. The van der Waals surface area contributed by atoms with E-state index in [2.05, 4.69) is 12.2 Å². The van der Waals surface area contributed by atoms with Crippen LogP contribution in [-0.2, 0) is 4.79 Å². The van der Waals surface area contributed by atoms with Crippen molar-refractivity contribution in [1.29, 1.82) is 0 Å². The summed E-state index contributed by atoms with van der Waals surface area (Å²) in [6, 6.07) is 0. The third kappa shape index (κ3) is 7.70.